The normalized spacial score (nSPS) is 17.9. The van der Waals surface area contributed by atoms with Crippen LogP contribution in [0.4, 0.5) is 20.2 Å². The Labute approximate surface area is 190 Å². The Kier molecular flexibility index (Phi) is 6.99. The summed E-state index contributed by atoms with van der Waals surface area (Å²) in [6, 6.07) is 10.9. The molecule has 12 heteroatoms. The molecule has 1 aliphatic heterocycles. The molecule has 0 spiro atoms. The molecule has 1 atom stereocenters. The molecule has 32 heavy (non-hydrogen) atoms. The number of carboxylic acid groups (broad SMARTS) is 1. The van der Waals surface area contributed by atoms with Gasteiger partial charge in [-0.3, -0.25) is 14.5 Å². The molecule has 2 aromatic rings. The van der Waals surface area contributed by atoms with Crippen molar-refractivity contribution >= 4 is 57.7 Å². The van der Waals surface area contributed by atoms with Crippen molar-refractivity contribution < 1.29 is 33.0 Å². The number of carbonyl (C=O) groups excluding carboxylic acids is 2. The van der Waals surface area contributed by atoms with E-state index >= 15 is 0 Å². The van der Waals surface area contributed by atoms with Crippen molar-refractivity contribution in [1.82, 2.24) is 4.90 Å². The minimum Gasteiger partial charge on any atom is -0.478 e. The van der Waals surface area contributed by atoms with Crippen LogP contribution in [0.2, 0.25) is 0 Å². The zero-order valence-corrected chi connectivity index (χ0v) is 18.0. The van der Waals surface area contributed by atoms with E-state index in [0.29, 0.717) is 11.4 Å². The number of amidine groups is 1. The Bertz CT molecular complexity index is 1060. The number of nitrogens with zero attached hydrogens (tertiary/aromatic N) is 2. The van der Waals surface area contributed by atoms with Gasteiger partial charge in [0, 0.05) is 30.8 Å². The van der Waals surface area contributed by atoms with Gasteiger partial charge in [-0.25, -0.2) is 9.79 Å². The molecule has 3 rings (SSSR count). The highest BCUT2D eigenvalue weighted by molar-refractivity contribution is 8.15. The van der Waals surface area contributed by atoms with Crippen molar-refractivity contribution in [3.63, 3.8) is 0 Å². The van der Waals surface area contributed by atoms with E-state index < -0.39 is 22.7 Å². The molecule has 8 nitrogen and oxygen atoms in total. The van der Waals surface area contributed by atoms with E-state index in [1.54, 1.807) is 0 Å². The standard InChI is InChI=1S/C20H16ClF2N3O5S/c1-26-16(27)10-15(17(28)24-12-4-2-11(3-5-12)18(29)30)32-19(26)25-13-6-8-14(9-7-13)31-20(21,22)23/h2-9,15H,10H2,1H3,(H,24,28)(H,29,30)/t15-/m0/s1. The van der Waals surface area contributed by atoms with Crippen molar-refractivity contribution in [3.8, 4) is 5.75 Å². The number of benzene rings is 2. The molecule has 0 aromatic heterocycles. The number of anilines is 1. The minimum atomic E-state index is -3.84. The fourth-order valence-corrected chi connectivity index (χ4v) is 3.80. The van der Waals surface area contributed by atoms with E-state index in [-0.39, 0.29) is 28.8 Å². The number of rotatable bonds is 6. The lowest BCUT2D eigenvalue weighted by atomic mass is 10.2. The minimum absolute atomic E-state index is 0.0587. The molecule has 0 bridgehead atoms. The van der Waals surface area contributed by atoms with E-state index in [2.05, 4.69) is 15.0 Å². The summed E-state index contributed by atoms with van der Waals surface area (Å²) in [6.07, 6.45) is -0.0587. The molecule has 2 aromatic carbocycles. The van der Waals surface area contributed by atoms with Crippen molar-refractivity contribution in [1.29, 1.82) is 0 Å². The van der Waals surface area contributed by atoms with Gasteiger partial charge in [-0.2, -0.15) is 0 Å². The van der Waals surface area contributed by atoms with Gasteiger partial charge in [0.25, 0.3) is 0 Å². The number of thioether (sulfide) groups is 1. The number of carboxylic acids is 1. The number of alkyl halides is 3. The monoisotopic (exact) mass is 483 g/mol. The number of halogens is 3. The smallest absolute Gasteiger partial charge is 0.478 e. The second kappa shape index (κ2) is 9.53. The van der Waals surface area contributed by atoms with Gasteiger partial charge in [0.05, 0.1) is 11.3 Å². The zero-order chi connectivity index (χ0) is 23.5. The van der Waals surface area contributed by atoms with Gasteiger partial charge in [-0.05, 0) is 48.5 Å². The highest BCUT2D eigenvalue weighted by Gasteiger charge is 2.34. The van der Waals surface area contributed by atoms with Crippen LogP contribution >= 0.6 is 23.4 Å². The Morgan fingerprint density at radius 1 is 1.22 bits per heavy atom. The first-order valence-electron chi connectivity index (χ1n) is 9.04. The molecule has 0 radical (unpaired) electrons. The number of ether oxygens (including phenoxy) is 1. The Morgan fingerprint density at radius 2 is 1.84 bits per heavy atom. The van der Waals surface area contributed by atoms with Gasteiger partial charge in [-0.1, -0.05) is 11.8 Å². The fraction of sp³-hybridized carbons (Fsp3) is 0.200. The largest absolute Gasteiger partial charge is 0.487 e. The number of amides is 2. The van der Waals surface area contributed by atoms with Gasteiger partial charge >= 0.3 is 11.5 Å². The van der Waals surface area contributed by atoms with Gasteiger partial charge in [0.1, 0.15) is 11.0 Å². The number of hydrogen-bond acceptors (Lipinski definition) is 6. The van der Waals surface area contributed by atoms with Crippen LogP contribution in [0.25, 0.3) is 0 Å². The van der Waals surface area contributed by atoms with Crippen LogP contribution in [0.1, 0.15) is 16.8 Å². The summed E-state index contributed by atoms with van der Waals surface area (Å²) in [5.74, 6) is -2.03. The maximum atomic E-state index is 12.7. The number of aliphatic imine (C=N–C) groups is 1. The van der Waals surface area contributed by atoms with Crippen LogP contribution in [0.5, 0.6) is 5.75 Å². The summed E-state index contributed by atoms with van der Waals surface area (Å²) in [6.45, 7) is 0. The Morgan fingerprint density at radius 3 is 2.41 bits per heavy atom. The molecule has 1 aliphatic rings. The highest BCUT2D eigenvalue weighted by atomic mass is 35.5. The van der Waals surface area contributed by atoms with Gasteiger partial charge in [0.2, 0.25) is 11.8 Å². The van der Waals surface area contributed by atoms with E-state index in [0.717, 1.165) is 11.8 Å². The molecule has 2 amide bonds. The third kappa shape index (κ3) is 6.17. The van der Waals surface area contributed by atoms with Crippen LogP contribution < -0.4 is 10.1 Å². The van der Waals surface area contributed by atoms with Gasteiger partial charge in [0.15, 0.2) is 5.17 Å². The zero-order valence-electron chi connectivity index (χ0n) is 16.4. The molecule has 168 valence electrons. The summed E-state index contributed by atoms with van der Waals surface area (Å²) in [4.78, 5) is 41.5. The molecule has 1 fully saturated rings. The van der Waals surface area contributed by atoms with E-state index in [1.807, 2.05) is 0 Å². The average Bonchev–Trinajstić information content (AvgIpc) is 2.72. The third-order valence-corrected chi connectivity index (χ3v) is 5.57. The summed E-state index contributed by atoms with van der Waals surface area (Å²) >= 11 is 5.79. The van der Waals surface area contributed by atoms with Crippen LogP contribution in [0.3, 0.4) is 0 Å². The fourth-order valence-electron chi connectivity index (χ4n) is 2.65. The van der Waals surface area contributed by atoms with E-state index in [1.165, 1.54) is 60.5 Å². The quantitative estimate of drug-likeness (QED) is 0.598. The number of carbonyl (C=O) groups is 3. The molecule has 0 unspecified atom stereocenters. The first-order valence-corrected chi connectivity index (χ1v) is 10.3. The van der Waals surface area contributed by atoms with Crippen molar-refractivity contribution in [2.45, 2.75) is 17.2 Å². The van der Waals surface area contributed by atoms with Crippen molar-refractivity contribution in [3.05, 3.63) is 54.1 Å². The van der Waals surface area contributed by atoms with Crippen LogP contribution in [-0.4, -0.2) is 50.8 Å². The van der Waals surface area contributed by atoms with Crippen LogP contribution in [0, 0.1) is 0 Å². The number of aromatic carboxylic acids is 1. The SMILES string of the molecule is CN1C(=O)C[C@@H](C(=O)Nc2ccc(C(=O)O)cc2)SC1=Nc1ccc(OC(F)(F)Cl)cc1. The summed E-state index contributed by atoms with van der Waals surface area (Å²) < 4.78 is 29.7. The summed E-state index contributed by atoms with van der Waals surface area (Å²) in [5, 5.41) is 11.1. The lowest BCUT2D eigenvalue weighted by molar-refractivity contribution is -0.128. The van der Waals surface area contributed by atoms with Crippen molar-refractivity contribution in [2.24, 2.45) is 4.99 Å². The third-order valence-electron chi connectivity index (χ3n) is 4.26. The second-order valence-corrected chi connectivity index (χ2v) is 8.18. The predicted molar refractivity (Wildman–Crippen MR) is 116 cm³/mol. The Balaban J connectivity index is 1.72. The van der Waals surface area contributed by atoms with E-state index in [9.17, 15) is 23.2 Å². The maximum absolute atomic E-state index is 12.7. The molecular weight excluding hydrogens is 468 g/mol. The lowest BCUT2D eigenvalue weighted by Gasteiger charge is -2.28. The lowest BCUT2D eigenvalue weighted by Crippen LogP contribution is -2.43. The number of nitrogens with one attached hydrogen (secondary N) is 1. The highest BCUT2D eigenvalue weighted by Crippen LogP contribution is 2.31. The molecule has 1 saturated heterocycles. The average molecular weight is 484 g/mol. The topological polar surface area (TPSA) is 108 Å². The molecule has 0 aliphatic carbocycles. The first-order chi connectivity index (χ1) is 15.0. The van der Waals surface area contributed by atoms with Gasteiger partial charge in [-0.15, -0.1) is 8.78 Å². The Hall–Kier alpha value is -3.18. The van der Waals surface area contributed by atoms with E-state index in [4.69, 9.17) is 16.7 Å². The summed E-state index contributed by atoms with van der Waals surface area (Å²) in [5.41, 5.74) is -3.03. The van der Waals surface area contributed by atoms with Crippen LogP contribution in [-0.2, 0) is 9.59 Å². The summed E-state index contributed by atoms with van der Waals surface area (Å²) in [7, 11) is 1.51. The van der Waals surface area contributed by atoms with Gasteiger partial charge < -0.3 is 15.2 Å². The molecule has 0 saturated carbocycles. The van der Waals surface area contributed by atoms with Crippen molar-refractivity contribution in [2.75, 3.05) is 12.4 Å². The first kappa shape index (κ1) is 23.5. The van der Waals surface area contributed by atoms with Crippen LogP contribution in [0.15, 0.2) is 53.5 Å². The number of hydrogen-bond donors (Lipinski definition) is 2. The molecule has 1 heterocycles. The molecular formula is C20H16ClF2N3O5S. The second-order valence-electron chi connectivity index (χ2n) is 6.57. The predicted octanol–water partition coefficient (Wildman–Crippen LogP) is 4.14. The molecule has 2 N–H and O–H groups in total. The maximum Gasteiger partial charge on any atom is 0.487 e.